The van der Waals surface area contributed by atoms with Crippen molar-refractivity contribution in [3.8, 4) is 11.8 Å². The fourth-order valence-electron chi connectivity index (χ4n) is 4.63. The number of hydrazone groups is 1. The number of nitrogens with zero attached hydrogens (tertiary/aromatic N) is 3. The van der Waals surface area contributed by atoms with Crippen molar-refractivity contribution in [3.05, 3.63) is 64.2 Å². The number of hydrogen-bond donors (Lipinski definition) is 0. The normalized spacial score (nSPS) is 25.9. The average molecular weight is 494 g/mol. The van der Waals surface area contributed by atoms with Gasteiger partial charge in [0.2, 0.25) is 11.8 Å². The van der Waals surface area contributed by atoms with Crippen LogP contribution < -0.4 is 4.74 Å². The summed E-state index contributed by atoms with van der Waals surface area (Å²) in [5.41, 5.74) is 0.873. The van der Waals surface area contributed by atoms with E-state index in [-0.39, 0.29) is 24.3 Å². The minimum absolute atomic E-state index is 0.0710. The summed E-state index contributed by atoms with van der Waals surface area (Å²) in [6.45, 7) is 5.17. The van der Waals surface area contributed by atoms with E-state index in [1.165, 1.54) is 11.9 Å². The first-order valence-electron chi connectivity index (χ1n) is 11.4. The minimum Gasteiger partial charge on any atom is -0.483 e. The quantitative estimate of drug-likeness (QED) is 0.586. The number of carbonyl (C=O) groups excluding carboxylic acids is 2. The summed E-state index contributed by atoms with van der Waals surface area (Å²) in [5.74, 6) is 0.0280. The van der Waals surface area contributed by atoms with Crippen LogP contribution in [0.15, 0.2) is 47.6 Å². The van der Waals surface area contributed by atoms with E-state index >= 15 is 0 Å². The van der Waals surface area contributed by atoms with Crippen molar-refractivity contribution < 1.29 is 23.8 Å². The lowest BCUT2D eigenvalue weighted by Crippen LogP contribution is -2.52. The second-order valence-electron chi connectivity index (χ2n) is 9.51. The second-order valence-corrected chi connectivity index (χ2v) is 9.92. The molecule has 1 saturated carbocycles. The molecule has 1 aliphatic carbocycles. The van der Waals surface area contributed by atoms with E-state index < -0.39 is 23.8 Å². The molecular weight excluding hydrogens is 470 g/mol. The van der Waals surface area contributed by atoms with Gasteiger partial charge in [0.25, 0.3) is 0 Å². The zero-order valence-corrected chi connectivity index (χ0v) is 20.3. The van der Waals surface area contributed by atoms with Crippen molar-refractivity contribution in [1.29, 1.82) is 5.26 Å². The van der Waals surface area contributed by atoms with Crippen molar-refractivity contribution in [1.82, 2.24) is 5.01 Å². The fraction of sp³-hybridized carbons (Fsp3) is 0.385. The summed E-state index contributed by atoms with van der Waals surface area (Å²) < 4.78 is 18.3. The van der Waals surface area contributed by atoms with Gasteiger partial charge < -0.3 is 14.2 Å². The van der Waals surface area contributed by atoms with Crippen LogP contribution in [0.3, 0.4) is 0 Å². The molecular formula is C26H24ClN3O5. The molecule has 0 N–H and O–H groups in total. The molecule has 0 aromatic heterocycles. The van der Waals surface area contributed by atoms with Crippen molar-refractivity contribution >= 4 is 29.4 Å². The van der Waals surface area contributed by atoms with Crippen LogP contribution in [0.5, 0.6) is 5.75 Å². The van der Waals surface area contributed by atoms with Crippen molar-refractivity contribution in [2.45, 2.75) is 51.5 Å². The lowest BCUT2D eigenvalue weighted by Gasteiger charge is -2.43. The van der Waals surface area contributed by atoms with Gasteiger partial charge in [0.15, 0.2) is 12.2 Å². The van der Waals surface area contributed by atoms with Gasteiger partial charge in [-0.15, -0.1) is 5.10 Å². The molecule has 0 unspecified atom stereocenters. The maximum Gasteiger partial charge on any atom is 0.303 e. The number of amides is 1. The molecule has 0 saturated heterocycles. The summed E-state index contributed by atoms with van der Waals surface area (Å²) in [5, 5.41) is 15.9. The highest BCUT2D eigenvalue weighted by atomic mass is 35.5. The van der Waals surface area contributed by atoms with Crippen LogP contribution in [-0.4, -0.2) is 34.5 Å². The molecule has 2 aromatic carbocycles. The van der Waals surface area contributed by atoms with E-state index in [1.54, 1.807) is 24.3 Å². The number of carbonyl (C=O) groups is 2. The van der Waals surface area contributed by atoms with Crippen LogP contribution in [0.1, 0.15) is 50.0 Å². The Hall–Kier alpha value is -3.57. The molecule has 5 rings (SSSR count). The third-order valence-corrected chi connectivity index (χ3v) is 6.86. The molecule has 4 atom stereocenters. The smallest absolute Gasteiger partial charge is 0.303 e. The van der Waals surface area contributed by atoms with Crippen LogP contribution in [0.2, 0.25) is 5.02 Å². The van der Waals surface area contributed by atoms with Gasteiger partial charge in [-0.2, -0.15) is 5.26 Å². The number of hydrogen-bond acceptors (Lipinski definition) is 7. The molecule has 9 heteroatoms. The van der Waals surface area contributed by atoms with Gasteiger partial charge in [0, 0.05) is 23.4 Å². The largest absolute Gasteiger partial charge is 0.483 e. The number of rotatable bonds is 4. The molecule has 3 aliphatic rings. The zero-order valence-electron chi connectivity index (χ0n) is 19.5. The lowest BCUT2D eigenvalue weighted by molar-refractivity contribution is -0.173. The van der Waals surface area contributed by atoms with Gasteiger partial charge in [0.1, 0.15) is 11.4 Å². The number of ether oxygens (including phenoxy) is 3. The molecule has 2 aromatic rings. The summed E-state index contributed by atoms with van der Waals surface area (Å²) in [6.07, 6.45) is -0.954. The van der Waals surface area contributed by atoms with Crippen LogP contribution in [0.4, 0.5) is 0 Å². The topological polar surface area (TPSA) is 101 Å². The predicted octanol–water partition coefficient (Wildman–Crippen LogP) is 4.36. The Kier molecular flexibility index (Phi) is 5.68. The zero-order chi connectivity index (χ0) is 24.9. The molecule has 0 radical (unpaired) electrons. The fourth-order valence-corrected chi connectivity index (χ4v) is 4.82. The monoisotopic (exact) mass is 493 g/mol. The molecule has 0 spiro atoms. The highest BCUT2D eigenvalue weighted by molar-refractivity contribution is 6.31. The van der Waals surface area contributed by atoms with E-state index in [1.807, 2.05) is 32.0 Å². The molecule has 1 amide bonds. The number of fused-ring (bicyclic) bond motifs is 2. The van der Waals surface area contributed by atoms with Crippen molar-refractivity contribution in [3.63, 3.8) is 0 Å². The maximum atomic E-state index is 12.9. The van der Waals surface area contributed by atoms with Gasteiger partial charge in [0.05, 0.1) is 24.1 Å². The third-order valence-electron chi connectivity index (χ3n) is 6.50. The van der Waals surface area contributed by atoms with Crippen LogP contribution in [0, 0.1) is 23.2 Å². The Morgan fingerprint density at radius 3 is 2.77 bits per heavy atom. The first-order chi connectivity index (χ1) is 16.7. The van der Waals surface area contributed by atoms with E-state index in [0.717, 1.165) is 5.56 Å². The van der Waals surface area contributed by atoms with Crippen LogP contribution in [0.25, 0.3) is 0 Å². The Labute approximate surface area is 208 Å². The number of halogens is 1. The van der Waals surface area contributed by atoms with Gasteiger partial charge >= 0.3 is 5.97 Å². The Balaban J connectivity index is 1.52. The van der Waals surface area contributed by atoms with Crippen molar-refractivity contribution in [2.24, 2.45) is 16.9 Å². The summed E-state index contributed by atoms with van der Waals surface area (Å²) >= 11 is 6.31. The van der Waals surface area contributed by atoms with E-state index in [2.05, 4.69) is 11.2 Å². The molecule has 2 heterocycles. The second kappa shape index (κ2) is 8.58. The van der Waals surface area contributed by atoms with Gasteiger partial charge in [-0.3, -0.25) is 9.59 Å². The predicted molar refractivity (Wildman–Crippen MR) is 126 cm³/mol. The highest BCUT2D eigenvalue weighted by Gasteiger charge is 2.55. The average Bonchev–Trinajstić information content (AvgIpc) is 3.61. The van der Waals surface area contributed by atoms with E-state index in [0.29, 0.717) is 34.2 Å². The molecule has 2 aliphatic heterocycles. The first kappa shape index (κ1) is 23.2. The minimum atomic E-state index is -0.914. The van der Waals surface area contributed by atoms with E-state index in [9.17, 15) is 14.9 Å². The number of nitriles is 1. The standard InChI is InChI=1S/C26H24ClN3O5/c1-14(31)33-23-22(19-10-15(12-28)8-9-21(19)35-26(23,2)3)34-24-17-11-18(17)25(32)30(29-24)13-16-6-4-5-7-20(16)27/h4-10,17-18,22-23H,11,13H2,1-3H3/t17-,18+,22-,23+/m1/s1. The van der Waals surface area contributed by atoms with Crippen molar-refractivity contribution in [2.75, 3.05) is 0 Å². The number of benzene rings is 2. The molecule has 180 valence electrons. The molecule has 1 fully saturated rings. The third kappa shape index (κ3) is 4.32. The Morgan fingerprint density at radius 1 is 1.29 bits per heavy atom. The van der Waals surface area contributed by atoms with E-state index in [4.69, 9.17) is 25.8 Å². The van der Waals surface area contributed by atoms with Crippen LogP contribution >= 0.6 is 11.6 Å². The molecule has 0 bridgehead atoms. The Bertz CT molecular complexity index is 1280. The highest BCUT2D eigenvalue weighted by Crippen LogP contribution is 2.49. The van der Waals surface area contributed by atoms with Crippen LogP contribution in [-0.2, 0) is 25.6 Å². The van der Waals surface area contributed by atoms with Gasteiger partial charge in [-0.1, -0.05) is 29.8 Å². The maximum absolute atomic E-state index is 12.9. The summed E-state index contributed by atoms with van der Waals surface area (Å²) in [7, 11) is 0. The molecule has 8 nitrogen and oxygen atoms in total. The summed E-state index contributed by atoms with van der Waals surface area (Å²) in [6, 6.07) is 14.5. The number of esters is 1. The Morgan fingerprint density at radius 2 is 2.06 bits per heavy atom. The summed E-state index contributed by atoms with van der Waals surface area (Å²) in [4.78, 5) is 24.9. The lowest BCUT2D eigenvalue weighted by atomic mass is 9.87. The SMILES string of the molecule is CC(=O)O[C@H]1[C@H](OC2=NN(Cc3ccccc3Cl)C(=O)[C@H]3C[C@@H]23)c2cc(C#N)ccc2OC1(C)C. The molecule has 35 heavy (non-hydrogen) atoms. The first-order valence-corrected chi connectivity index (χ1v) is 11.8. The van der Waals surface area contributed by atoms with Gasteiger partial charge in [-0.05, 0) is 50.1 Å². The van der Waals surface area contributed by atoms with Gasteiger partial charge in [-0.25, -0.2) is 5.01 Å².